The van der Waals surface area contributed by atoms with E-state index in [0.29, 0.717) is 6.42 Å². The molecule has 0 saturated heterocycles. The molecule has 3 nitrogen and oxygen atoms in total. The van der Waals surface area contributed by atoms with Gasteiger partial charge in [-0.15, -0.1) is 0 Å². The predicted molar refractivity (Wildman–Crippen MR) is 75.9 cm³/mol. The van der Waals surface area contributed by atoms with Gasteiger partial charge in [0.05, 0.1) is 0 Å². The highest BCUT2D eigenvalue weighted by Gasteiger charge is 2.11. The van der Waals surface area contributed by atoms with Gasteiger partial charge in [-0.2, -0.15) is 0 Å². The Morgan fingerprint density at radius 1 is 1.16 bits per heavy atom. The van der Waals surface area contributed by atoms with E-state index in [4.69, 9.17) is 10.8 Å². The third-order valence-corrected chi connectivity index (χ3v) is 3.18. The molecule has 0 radical (unpaired) electrons. The quantitative estimate of drug-likeness (QED) is 0.882. The Morgan fingerprint density at radius 2 is 1.79 bits per heavy atom. The molecule has 3 N–H and O–H groups in total. The van der Waals surface area contributed by atoms with E-state index in [-0.39, 0.29) is 0 Å². The van der Waals surface area contributed by atoms with Gasteiger partial charge in [0.15, 0.2) is 0 Å². The average Bonchev–Trinajstić information content (AvgIpc) is 2.40. The van der Waals surface area contributed by atoms with E-state index < -0.39 is 12.0 Å². The largest absolute Gasteiger partial charge is 0.480 e. The summed E-state index contributed by atoms with van der Waals surface area (Å²) in [6, 6.07) is 15.2. The van der Waals surface area contributed by atoms with Gasteiger partial charge in [0.25, 0.3) is 0 Å². The number of hydrogen-bond acceptors (Lipinski definition) is 2. The van der Waals surface area contributed by atoms with E-state index in [1.165, 1.54) is 11.1 Å². The van der Waals surface area contributed by atoms with Gasteiger partial charge in [-0.1, -0.05) is 48.5 Å². The van der Waals surface area contributed by atoms with Crippen molar-refractivity contribution < 1.29 is 9.90 Å². The van der Waals surface area contributed by atoms with Crippen molar-refractivity contribution in [1.29, 1.82) is 0 Å². The van der Waals surface area contributed by atoms with Crippen molar-refractivity contribution in [2.24, 2.45) is 5.73 Å². The second-order valence-corrected chi connectivity index (χ2v) is 4.66. The number of aliphatic carboxylic acids is 1. The molecule has 0 aromatic heterocycles. The summed E-state index contributed by atoms with van der Waals surface area (Å²) in [6.07, 6.45) is 0.351. The molecule has 19 heavy (non-hydrogen) atoms. The fourth-order valence-corrected chi connectivity index (χ4v) is 2.06. The number of carboxylic acids is 1. The van der Waals surface area contributed by atoms with E-state index >= 15 is 0 Å². The maximum atomic E-state index is 10.7. The lowest BCUT2D eigenvalue weighted by Crippen LogP contribution is -2.32. The van der Waals surface area contributed by atoms with Crippen LogP contribution in [0.2, 0.25) is 0 Å². The maximum absolute atomic E-state index is 10.7. The van der Waals surface area contributed by atoms with Gasteiger partial charge in [0.1, 0.15) is 6.04 Å². The smallest absolute Gasteiger partial charge is 0.320 e. The van der Waals surface area contributed by atoms with Crippen molar-refractivity contribution in [1.82, 2.24) is 0 Å². The van der Waals surface area contributed by atoms with Gasteiger partial charge in [0.2, 0.25) is 0 Å². The molecule has 1 unspecified atom stereocenters. The zero-order valence-electron chi connectivity index (χ0n) is 10.8. The highest BCUT2D eigenvalue weighted by Crippen LogP contribution is 2.23. The summed E-state index contributed by atoms with van der Waals surface area (Å²) in [7, 11) is 0. The van der Waals surface area contributed by atoms with Crippen LogP contribution in [0.1, 0.15) is 11.1 Å². The molecule has 1 atom stereocenters. The first-order valence-electron chi connectivity index (χ1n) is 6.21. The maximum Gasteiger partial charge on any atom is 0.320 e. The van der Waals surface area contributed by atoms with Crippen LogP contribution < -0.4 is 5.73 Å². The molecule has 98 valence electrons. The molecule has 0 bridgehead atoms. The third-order valence-electron chi connectivity index (χ3n) is 3.18. The molecule has 0 aliphatic rings. The lowest BCUT2D eigenvalue weighted by Gasteiger charge is -2.09. The van der Waals surface area contributed by atoms with Gasteiger partial charge in [-0.3, -0.25) is 4.79 Å². The zero-order valence-corrected chi connectivity index (χ0v) is 10.8. The van der Waals surface area contributed by atoms with E-state index in [2.05, 4.69) is 19.1 Å². The Hall–Kier alpha value is -2.13. The van der Waals surface area contributed by atoms with Crippen LogP contribution in [-0.4, -0.2) is 17.1 Å². The van der Waals surface area contributed by atoms with Crippen LogP contribution >= 0.6 is 0 Å². The zero-order chi connectivity index (χ0) is 13.8. The molecular formula is C16H17NO2. The Morgan fingerprint density at radius 3 is 2.37 bits per heavy atom. The fourth-order valence-electron chi connectivity index (χ4n) is 2.06. The molecule has 0 saturated carbocycles. The van der Waals surface area contributed by atoms with Crippen LogP contribution in [0.3, 0.4) is 0 Å². The van der Waals surface area contributed by atoms with Crippen LogP contribution in [0.4, 0.5) is 0 Å². The van der Waals surface area contributed by atoms with Crippen molar-refractivity contribution in [3.63, 3.8) is 0 Å². The highest BCUT2D eigenvalue weighted by molar-refractivity contribution is 5.73. The van der Waals surface area contributed by atoms with Crippen LogP contribution in [0.25, 0.3) is 11.1 Å². The van der Waals surface area contributed by atoms with Crippen molar-refractivity contribution in [2.45, 2.75) is 19.4 Å². The molecule has 0 fully saturated rings. The number of nitrogens with two attached hydrogens (primary N) is 1. The standard InChI is InChI=1S/C16H17NO2/c1-11-4-2-3-5-14(11)13-8-6-12(7-9-13)10-15(17)16(18)19/h2-9,15H,10,17H2,1H3,(H,18,19). The molecule has 2 aromatic carbocycles. The summed E-state index contributed by atoms with van der Waals surface area (Å²) in [4.78, 5) is 10.7. The number of carbonyl (C=O) groups is 1. The Bertz CT molecular complexity index is 576. The first kappa shape index (κ1) is 13.3. The van der Waals surface area contributed by atoms with Crippen LogP contribution in [-0.2, 0) is 11.2 Å². The van der Waals surface area contributed by atoms with Crippen LogP contribution in [0.15, 0.2) is 48.5 Å². The highest BCUT2D eigenvalue weighted by atomic mass is 16.4. The van der Waals surface area contributed by atoms with Gasteiger partial charge in [-0.05, 0) is 35.6 Å². The SMILES string of the molecule is Cc1ccccc1-c1ccc(CC(N)C(=O)O)cc1. The van der Waals surface area contributed by atoms with Crippen LogP contribution in [0, 0.1) is 6.92 Å². The van der Waals surface area contributed by atoms with Gasteiger partial charge >= 0.3 is 5.97 Å². The lowest BCUT2D eigenvalue weighted by atomic mass is 9.98. The van der Waals surface area contributed by atoms with Crippen molar-refractivity contribution in [2.75, 3.05) is 0 Å². The second kappa shape index (κ2) is 5.67. The minimum Gasteiger partial charge on any atom is -0.480 e. The Labute approximate surface area is 112 Å². The fraction of sp³-hybridized carbons (Fsp3) is 0.188. The second-order valence-electron chi connectivity index (χ2n) is 4.66. The molecule has 0 spiro atoms. The third kappa shape index (κ3) is 3.20. The number of carboxylic acid groups (broad SMARTS) is 1. The average molecular weight is 255 g/mol. The molecule has 2 rings (SSSR count). The van der Waals surface area contributed by atoms with Gasteiger partial charge in [-0.25, -0.2) is 0 Å². The van der Waals surface area contributed by atoms with E-state index in [9.17, 15) is 4.79 Å². The summed E-state index contributed by atoms with van der Waals surface area (Å²) in [6.45, 7) is 2.07. The lowest BCUT2D eigenvalue weighted by molar-refractivity contribution is -0.138. The molecule has 0 aliphatic heterocycles. The number of benzene rings is 2. The monoisotopic (exact) mass is 255 g/mol. The van der Waals surface area contributed by atoms with E-state index in [0.717, 1.165) is 11.1 Å². The van der Waals surface area contributed by atoms with Crippen molar-refractivity contribution in [3.05, 3.63) is 59.7 Å². The molecule has 3 heteroatoms. The molecule has 0 amide bonds. The normalized spacial score (nSPS) is 12.1. The summed E-state index contributed by atoms with van der Waals surface area (Å²) in [5.74, 6) is -0.969. The molecule has 0 heterocycles. The van der Waals surface area contributed by atoms with Crippen LogP contribution in [0.5, 0.6) is 0 Å². The minimum atomic E-state index is -0.969. The first-order chi connectivity index (χ1) is 9.08. The van der Waals surface area contributed by atoms with Crippen molar-refractivity contribution in [3.8, 4) is 11.1 Å². The molecule has 2 aromatic rings. The Kier molecular flexibility index (Phi) is 3.97. The summed E-state index contributed by atoms with van der Waals surface area (Å²) in [5, 5.41) is 8.79. The van der Waals surface area contributed by atoms with Crippen molar-refractivity contribution >= 4 is 5.97 Å². The van der Waals surface area contributed by atoms with Gasteiger partial charge < -0.3 is 10.8 Å². The van der Waals surface area contributed by atoms with Gasteiger partial charge in [0, 0.05) is 0 Å². The summed E-state index contributed by atoms with van der Waals surface area (Å²) < 4.78 is 0. The molecule has 0 aliphatic carbocycles. The predicted octanol–water partition coefficient (Wildman–Crippen LogP) is 2.62. The summed E-state index contributed by atoms with van der Waals surface area (Å²) >= 11 is 0. The Balaban J connectivity index is 2.19. The summed E-state index contributed by atoms with van der Waals surface area (Å²) in [5.41, 5.74) is 10.0. The van der Waals surface area contributed by atoms with E-state index in [1.807, 2.05) is 36.4 Å². The number of hydrogen-bond donors (Lipinski definition) is 2. The number of rotatable bonds is 4. The topological polar surface area (TPSA) is 63.3 Å². The minimum absolute atomic E-state index is 0.351. The van der Waals surface area contributed by atoms with E-state index in [1.54, 1.807) is 0 Å². The first-order valence-corrected chi connectivity index (χ1v) is 6.21. The number of aryl methyl sites for hydroxylation is 1. The molecular weight excluding hydrogens is 238 g/mol.